The molecular weight excluding hydrogens is 402 g/mol. The van der Waals surface area contributed by atoms with Crippen LogP contribution in [0.4, 0.5) is 17.5 Å². The summed E-state index contributed by atoms with van der Waals surface area (Å²) < 4.78 is 1.99. The monoisotopic (exact) mass is 427 g/mol. The molecule has 1 aliphatic rings. The molecule has 0 unspecified atom stereocenters. The standard InChI is InChI=1S/C20H26ClN9/c1-2-30-11-24-16-17(25-13-7-5-6-12(21)10-13)28-20(29-18(16)30)27-15-9-4-3-8-14(15)26-19(22)23/h5-7,10-11,14-15H,2-4,8-9H2,1H3,(H4,22,23,26)(H2,25,27,28,29)/t14-,15+/m0/s1. The molecule has 0 saturated heterocycles. The van der Waals surface area contributed by atoms with Crippen molar-refractivity contribution in [1.29, 1.82) is 0 Å². The quantitative estimate of drug-likeness (QED) is 0.350. The summed E-state index contributed by atoms with van der Waals surface area (Å²) in [6.07, 6.45) is 5.86. The SMILES string of the molecule is CCn1cnc2c(Nc3cccc(Cl)c3)nc(N[C@@H]3CCCC[C@@H]3N=C(N)N)nc21. The average molecular weight is 428 g/mol. The minimum Gasteiger partial charge on any atom is -0.370 e. The molecule has 2 heterocycles. The average Bonchev–Trinajstić information content (AvgIpc) is 3.12. The van der Waals surface area contributed by atoms with Gasteiger partial charge in [-0.25, -0.2) is 9.98 Å². The number of nitrogens with one attached hydrogen (secondary N) is 2. The Labute approximate surface area is 180 Å². The Morgan fingerprint density at radius 1 is 1.27 bits per heavy atom. The molecule has 2 atom stereocenters. The van der Waals surface area contributed by atoms with Crippen LogP contribution in [0.15, 0.2) is 35.6 Å². The lowest BCUT2D eigenvalue weighted by Crippen LogP contribution is -2.38. The van der Waals surface area contributed by atoms with Crippen molar-refractivity contribution in [3.8, 4) is 0 Å². The number of aliphatic imine (C=N–C) groups is 1. The number of nitrogens with zero attached hydrogens (tertiary/aromatic N) is 5. The van der Waals surface area contributed by atoms with E-state index in [1.165, 1.54) is 0 Å². The Kier molecular flexibility index (Phi) is 5.89. The maximum Gasteiger partial charge on any atom is 0.227 e. The molecule has 3 aromatic rings. The van der Waals surface area contributed by atoms with Crippen LogP contribution in [0.2, 0.25) is 5.02 Å². The number of guanidine groups is 1. The van der Waals surface area contributed by atoms with Crippen molar-refractivity contribution >= 4 is 46.2 Å². The highest BCUT2D eigenvalue weighted by atomic mass is 35.5. The van der Waals surface area contributed by atoms with Crippen LogP contribution in [0.3, 0.4) is 0 Å². The number of fused-ring (bicyclic) bond motifs is 1. The third kappa shape index (κ3) is 4.40. The number of imidazole rings is 1. The molecule has 0 radical (unpaired) electrons. The fourth-order valence-electron chi connectivity index (χ4n) is 3.82. The molecule has 9 nitrogen and oxygen atoms in total. The van der Waals surface area contributed by atoms with Crippen LogP contribution in [0.1, 0.15) is 32.6 Å². The van der Waals surface area contributed by atoms with Crippen LogP contribution in [0.5, 0.6) is 0 Å². The summed E-state index contributed by atoms with van der Waals surface area (Å²) in [6, 6.07) is 7.55. The van der Waals surface area contributed by atoms with Crippen LogP contribution < -0.4 is 22.1 Å². The highest BCUT2D eigenvalue weighted by molar-refractivity contribution is 6.30. The molecule has 1 saturated carbocycles. The molecule has 0 amide bonds. The summed E-state index contributed by atoms with van der Waals surface area (Å²) in [6.45, 7) is 2.81. The van der Waals surface area contributed by atoms with Gasteiger partial charge in [0, 0.05) is 17.3 Å². The summed E-state index contributed by atoms with van der Waals surface area (Å²) in [5.74, 6) is 1.24. The van der Waals surface area contributed by atoms with Gasteiger partial charge >= 0.3 is 0 Å². The van der Waals surface area contributed by atoms with Crippen molar-refractivity contribution in [3.05, 3.63) is 35.6 Å². The third-order valence-corrected chi connectivity index (χ3v) is 5.49. The molecule has 1 aliphatic carbocycles. The lowest BCUT2D eigenvalue weighted by Gasteiger charge is -2.29. The van der Waals surface area contributed by atoms with E-state index < -0.39 is 0 Å². The number of aromatic nitrogens is 4. The van der Waals surface area contributed by atoms with Crippen LogP contribution in [-0.2, 0) is 6.54 Å². The maximum absolute atomic E-state index is 6.14. The van der Waals surface area contributed by atoms with Gasteiger partial charge in [-0.3, -0.25) is 0 Å². The largest absolute Gasteiger partial charge is 0.370 e. The van der Waals surface area contributed by atoms with E-state index in [1.54, 1.807) is 6.33 Å². The minimum atomic E-state index is 0.00321. The molecule has 2 aromatic heterocycles. The number of aryl methyl sites for hydroxylation is 1. The van der Waals surface area contributed by atoms with Gasteiger partial charge in [0.15, 0.2) is 22.9 Å². The smallest absolute Gasteiger partial charge is 0.227 e. The lowest BCUT2D eigenvalue weighted by molar-refractivity contribution is 0.404. The van der Waals surface area contributed by atoms with E-state index in [0.717, 1.165) is 43.6 Å². The fraction of sp³-hybridized carbons (Fsp3) is 0.400. The highest BCUT2D eigenvalue weighted by Gasteiger charge is 2.26. The maximum atomic E-state index is 6.14. The van der Waals surface area contributed by atoms with E-state index in [2.05, 4.69) is 27.5 Å². The fourth-order valence-corrected chi connectivity index (χ4v) is 4.01. The first kappa shape index (κ1) is 20.2. The first-order valence-electron chi connectivity index (χ1n) is 10.1. The van der Waals surface area contributed by atoms with Gasteiger partial charge in [-0.1, -0.05) is 30.5 Å². The predicted octanol–water partition coefficient (Wildman–Crippen LogP) is 3.24. The van der Waals surface area contributed by atoms with Gasteiger partial charge in [-0.15, -0.1) is 0 Å². The van der Waals surface area contributed by atoms with E-state index in [1.807, 2.05) is 28.8 Å². The zero-order chi connectivity index (χ0) is 21.1. The summed E-state index contributed by atoms with van der Waals surface area (Å²) in [4.78, 5) is 18.4. The van der Waals surface area contributed by atoms with Crippen molar-refractivity contribution < 1.29 is 0 Å². The Balaban J connectivity index is 1.70. The predicted molar refractivity (Wildman–Crippen MR) is 121 cm³/mol. The minimum absolute atomic E-state index is 0.00321. The molecule has 4 rings (SSSR count). The molecule has 1 fully saturated rings. The molecule has 0 bridgehead atoms. The lowest BCUT2D eigenvalue weighted by atomic mass is 9.91. The molecule has 10 heteroatoms. The van der Waals surface area contributed by atoms with E-state index in [0.29, 0.717) is 22.3 Å². The Morgan fingerprint density at radius 2 is 2.10 bits per heavy atom. The van der Waals surface area contributed by atoms with E-state index >= 15 is 0 Å². The van der Waals surface area contributed by atoms with Gasteiger partial charge in [0.25, 0.3) is 0 Å². The molecule has 6 N–H and O–H groups in total. The molecule has 158 valence electrons. The molecule has 1 aromatic carbocycles. The number of hydrogen-bond donors (Lipinski definition) is 4. The number of benzene rings is 1. The van der Waals surface area contributed by atoms with Crippen molar-refractivity contribution in [2.24, 2.45) is 16.5 Å². The van der Waals surface area contributed by atoms with Gasteiger partial charge in [0.1, 0.15) is 0 Å². The van der Waals surface area contributed by atoms with Crippen molar-refractivity contribution in [2.75, 3.05) is 10.6 Å². The topological polar surface area (TPSA) is 132 Å². The Morgan fingerprint density at radius 3 is 2.87 bits per heavy atom. The van der Waals surface area contributed by atoms with Gasteiger partial charge in [0.2, 0.25) is 5.95 Å². The summed E-state index contributed by atoms with van der Waals surface area (Å²) >= 11 is 6.14. The van der Waals surface area contributed by atoms with Crippen molar-refractivity contribution in [2.45, 2.75) is 51.2 Å². The van der Waals surface area contributed by atoms with Crippen molar-refractivity contribution in [3.63, 3.8) is 0 Å². The second-order valence-electron chi connectivity index (χ2n) is 7.39. The third-order valence-electron chi connectivity index (χ3n) is 5.25. The molecule has 30 heavy (non-hydrogen) atoms. The molecule has 0 spiro atoms. The number of nitrogens with two attached hydrogens (primary N) is 2. The number of halogens is 1. The highest BCUT2D eigenvalue weighted by Crippen LogP contribution is 2.28. The number of anilines is 3. The zero-order valence-corrected chi connectivity index (χ0v) is 17.6. The van der Waals surface area contributed by atoms with Crippen LogP contribution in [-0.4, -0.2) is 37.6 Å². The van der Waals surface area contributed by atoms with Crippen LogP contribution >= 0.6 is 11.6 Å². The molecular formula is C20H26ClN9. The molecule has 0 aliphatic heterocycles. The Bertz CT molecular complexity index is 1060. The zero-order valence-electron chi connectivity index (χ0n) is 16.8. The second kappa shape index (κ2) is 8.74. The Hall–Kier alpha value is -3.07. The first-order chi connectivity index (χ1) is 14.5. The van der Waals surface area contributed by atoms with Gasteiger partial charge < -0.3 is 26.7 Å². The van der Waals surface area contributed by atoms with Crippen molar-refractivity contribution in [1.82, 2.24) is 19.5 Å². The number of hydrogen-bond acceptors (Lipinski definition) is 6. The summed E-state index contributed by atoms with van der Waals surface area (Å²) in [5, 5.41) is 7.43. The first-order valence-corrected chi connectivity index (χ1v) is 10.5. The number of rotatable bonds is 6. The summed E-state index contributed by atoms with van der Waals surface area (Å²) in [7, 11) is 0. The van der Waals surface area contributed by atoms with E-state index in [-0.39, 0.29) is 18.0 Å². The van der Waals surface area contributed by atoms with Gasteiger partial charge in [-0.05, 0) is 38.0 Å². The normalized spacial score (nSPS) is 18.9. The van der Waals surface area contributed by atoms with Crippen LogP contribution in [0.25, 0.3) is 11.2 Å². The van der Waals surface area contributed by atoms with Gasteiger partial charge in [0.05, 0.1) is 18.4 Å². The second-order valence-corrected chi connectivity index (χ2v) is 7.83. The van der Waals surface area contributed by atoms with Crippen LogP contribution in [0, 0.1) is 0 Å². The van der Waals surface area contributed by atoms with Gasteiger partial charge in [-0.2, -0.15) is 9.97 Å². The summed E-state index contributed by atoms with van der Waals surface area (Å²) in [5.41, 5.74) is 13.6. The van der Waals surface area contributed by atoms with E-state index in [9.17, 15) is 0 Å². The van der Waals surface area contributed by atoms with E-state index in [4.69, 9.17) is 33.0 Å².